The van der Waals surface area contributed by atoms with Crippen molar-refractivity contribution in [1.82, 2.24) is 5.32 Å². The zero-order chi connectivity index (χ0) is 19.8. The first-order chi connectivity index (χ1) is 13.0. The number of carbonyl (C=O) groups excluding carboxylic acids is 2. The van der Waals surface area contributed by atoms with Crippen LogP contribution in [0.4, 0.5) is 5.69 Å². The lowest BCUT2D eigenvalue weighted by atomic mass is 10.0. The summed E-state index contributed by atoms with van der Waals surface area (Å²) in [5.41, 5.74) is 1.13. The van der Waals surface area contributed by atoms with Crippen LogP contribution < -0.4 is 15.4 Å². The number of hydrogen-bond donors (Lipinski definition) is 2. The molecule has 2 aromatic carbocycles. The smallest absolute Gasteiger partial charge is 0.255 e. The van der Waals surface area contributed by atoms with Crippen molar-refractivity contribution in [3.8, 4) is 5.75 Å². The van der Waals surface area contributed by atoms with E-state index in [4.69, 9.17) is 4.74 Å². The lowest BCUT2D eigenvalue weighted by molar-refractivity contribution is -0.118. The standard InChI is InChI=1S/C21H26N2O3S/c1-5-26-18-12-7-6-11-17(18)20(24)23-19(14(2)3)21(25)22-15-9-8-10-16(13-15)27-4/h6-14,19H,5H2,1-4H3,(H,22,25)(H,23,24)/t19-/m0/s1. The quantitative estimate of drug-likeness (QED) is 0.667. The van der Waals surface area contributed by atoms with Crippen molar-refractivity contribution in [3.05, 3.63) is 54.1 Å². The lowest BCUT2D eigenvalue weighted by Gasteiger charge is -2.22. The summed E-state index contributed by atoms with van der Waals surface area (Å²) in [5.74, 6) is -0.138. The third-order valence-electron chi connectivity index (χ3n) is 4.00. The van der Waals surface area contributed by atoms with Crippen LogP contribution in [0.25, 0.3) is 0 Å². The summed E-state index contributed by atoms with van der Waals surface area (Å²) in [7, 11) is 0. The van der Waals surface area contributed by atoms with Gasteiger partial charge >= 0.3 is 0 Å². The molecule has 0 saturated heterocycles. The van der Waals surface area contributed by atoms with Crippen LogP contribution >= 0.6 is 11.8 Å². The summed E-state index contributed by atoms with van der Waals surface area (Å²) in [5, 5.41) is 5.74. The Morgan fingerprint density at radius 1 is 1.11 bits per heavy atom. The van der Waals surface area contributed by atoms with E-state index in [9.17, 15) is 9.59 Å². The second-order valence-electron chi connectivity index (χ2n) is 6.35. The van der Waals surface area contributed by atoms with Crippen molar-refractivity contribution in [2.75, 3.05) is 18.2 Å². The number of nitrogens with one attached hydrogen (secondary N) is 2. The normalized spacial score (nSPS) is 11.7. The third-order valence-corrected chi connectivity index (χ3v) is 4.73. The lowest BCUT2D eigenvalue weighted by Crippen LogP contribution is -2.47. The summed E-state index contributed by atoms with van der Waals surface area (Å²) < 4.78 is 5.52. The molecule has 0 spiro atoms. The van der Waals surface area contributed by atoms with E-state index in [1.165, 1.54) is 0 Å². The fourth-order valence-corrected chi connectivity index (χ4v) is 3.07. The van der Waals surface area contributed by atoms with E-state index in [0.717, 1.165) is 4.90 Å². The molecule has 5 nitrogen and oxygen atoms in total. The van der Waals surface area contributed by atoms with E-state index in [1.807, 2.05) is 57.4 Å². The van der Waals surface area contributed by atoms with Gasteiger partial charge in [-0.25, -0.2) is 0 Å². The van der Waals surface area contributed by atoms with E-state index in [0.29, 0.717) is 23.6 Å². The molecule has 0 unspecified atom stereocenters. The fraction of sp³-hybridized carbons (Fsp3) is 0.333. The highest BCUT2D eigenvalue weighted by Crippen LogP contribution is 2.21. The minimum atomic E-state index is -0.662. The number of rotatable bonds is 8. The molecule has 2 rings (SSSR count). The molecule has 0 aliphatic heterocycles. The van der Waals surface area contributed by atoms with E-state index in [2.05, 4.69) is 10.6 Å². The number of ether oxygens (including phenoxy) is 1. The average molecular weight is 387 g/mol. The van der Waals surface area contributed by atoms with Crippen molar-refractivity contribution in [2.45, 2.75) is 31.7 Å². The average Bonchev–Trinajstić information content (AvgIpc) is 2.66. The first kappa shape index (κ1) is 20.8. The van der Waals surface area contributed by atoms with Gasteiger partial charge in [0.1, 0.15) is 11.8 Å². The van der Waals surface area contributed by atoms with Crippen LogP contribution in [0, 0.1) is 5.92 Å². The second-order valence-corrected chi connectivity index (χ2v) is 7.23. The molecule has 0 aromatic heterocycles. The van der Waals surface area contributed by atoms with Crippen LogP contribution in [0.5, 0.6) is 5.75 Å². The molecule has 0 saturated carbocycles. The molecule has 0 heterocycles. The summed E-state index contributed by atoms with van der Waals surface area (Å²) in [4.78, 5) is 26.6. The SMILES string of the molecule is CCOc1ccccc1C(=O)N[C@H](C(=O)Nc1cccc(SC)c1)C(C)C. The minimum Gasteiger partial charge on any atom is -0.493 e. The first-order valence-electron chi connectivity index (χ1n) is 8.93. The van der Waals surface area contributed by atoms with E-state index < -0.39 is 6.04 Å². The summed E-state index contributed by atoms with van der Waals surface area (Å²) >= 11 is 1.60. The van der Waals surface area contributed by atoms with Gasteiger partial charge in [-0.15, -0.1) is 11.8 Å². The second kappa shape index (κ2) is 10.0. The molecule has 0 aliphatic rings. The van der Waals surface area contributed by atoms with Crippen molar-refractivity contribution in [1.29, 1.82) is 0 Å². The largest absolute Gasteiger partial charge is 0.493 e. The van der Waals surface area contributed by atoms with Gasteiger partial charge in [0, 0.05) is 10.6 Å². The number of benzene rings is 2. The minimum absolute atomic E-state index is 0.0723. The number of thioether (sulfide) groups is 1. The molecule has 2 N–H and O–H groups in total. The van der Waals surface area contributed by atoms with Crippen LogP contribution in [-0.2, 0) is 4.79 Å². The predicted octanol–water partition coefficient (Wildman–Crippen LogP) is 4.20. The van der Waals surface area contributed by atoms with Gasteiger partial charge in [-0.3, -0.25) is 9.59 Å². The van der Waals surface area contributed by atoms with Crippen LogP contribution in [0.3, 0.4) is 0 Å². The molecule has 1 atom stereocenters. The van der Waals surface area contributed by atoms with Crippen LogP contribution in [-0.4, -0.2) is 30.7 Å². The highest BCUT2D eigenvalue weighted by atomic mass is 32.2. The number of anilines is 1. The fourth-order valence-electron chi connectivity index (χ4n) is 2.61. The van der Waals surface area contributed by atoms with Gasteiger partial charge in [0.15, 0.2) is 0 Å². The van der Waals surface area contributed by atoms with Gasteiger partial charge in [-0.05, 0) is 49.4 Å². The molecule has 0 bridgehead atoms. The molecule has 0 radical (unpaired) electrons. The highest BCUT2D eigenvalue weighted by molar-refractivity contribution is 7.98. The Morgan fingerprint density at radius 3 is 2.52 bits per heavy atom. The van der Waals surface area contributed by atoms with E-state index in [-0.39, 0.29) is 17.7 Å². The van der Waals surface area contributed by atoms with Gasteiger partial charge in [0.25, 0.3) is 5.91 Å². The molecule has 27 heavy (non-hydrogen) atoms. The third kappa shape index (κ3) is 5.76. The molecule has 2 amide bonds. The molecule has 2 aromatic rings. The molecule has 144 valence electrons. The number of carbonyl (C=O) groups is 2. The summed E-state index contributed by atoms with van der Waals surface area (Å²) in [6, 6.07) is 14.0. The molecular formula is C21H26N2O3S. The molecule has 0 fully saturated rings. The summed E-state index contributed by atoms with van der Waals surface area (Å²) in [6.07, 6.45) is 1.98. The molecule has 0 aliphatic carbocycles. The van der Waals surface area contributed by atoms with Gasteiger partial charge in [0.2, 0.25) is 5.91 Å². The Kier molecular flexibility index (Phi) is 7.73. The van der Waals surface area contributed by atoms with Gasteiger partial charge in [-0.2, -0.15) is 0 Å². The highest BCUT2D eigenvalue weighted by Gasteiger charge is 2.26. The van der Waals surface area contributed by atoms with Crippen molar-refractivity contribution >= 4 is 29.3 Å². The van der Waals surface area contributed by atoms with Crippen molar-refractivity contribution in [3.63, 3.8) is 0 Å². The first-order valence-corrected chi connectivity index (χ1v) is 10.2. The Bertz CT molecular complexity index is 793. The van der Waals surface area contributed by atoms with Crippen LogP contribution in [0.1, 0.15) is 31.1 Å². The van der Waals surface area contributed by atoms with Crippen LogP contribution in [0.15, 0.2) is 53.4 Å². The van der Waals surface area contributed by atoms with Gasteiger partial charge < -0.3 is 15.4 Å². The summed E-state index contributed by atoms with van der Waals surface area (Å²) in [6.45, 7) is 6.13. The Hall–Kier alpha value is -2.47. The Morgan fingerprint density at radius 2 is 1.85 bits per heavy atom. The number of para-hydroxylation sites is 1. The van der Waals surface area contributed by atoms with Gasteiger partial charge in [-0.1, -0.05) is 32.0 Å². The zero-order valence-corrected chi connectivity index (χ0v) is 16.9. The van der Waals surface area contributed by atoms with Crippen LogP contribution in [0.2, 0.25) is 0 Å². The maximum Gasteiger partial charge on any atom is 0.255 e. The van der Waals surface area contributed by atoms with Gasteiger partial charge in [0.05, 0.1) is 12.2 Å². The Labute approximate surface area is 164 Å². The maximum absolute atomic E-state index is 12.8. The molecule has 6 heteroatoms. The predicted molar refractivity (Wildman–Crippen MR) is 111 cm³/mol. The van der Waals surface area contributed by atoms with Crippen molar-refractivity contribution < 1.29 is 14.3 Å². The number of amides is 2. The van der Waals surface area contributed by atoms with E-state index >= 15 is 0 Å². The zero-order valence-electron chi connectivity index (χ0n) is 16.1. The molecular weight excluding hydrogens is 360 g/mol. The topological polar surface area (TPSA) is 67.4 Å². The van der Waals surface area contributed by atoms with Crippen molar-refractivity contribution in [2.24, 2.45) is 5.92 Å². The van der Waals surface area contributed by atoms with E-state index in [1.54, 1.807) is 30.0 Å². The Balaban J connectivity index is 2.15. The maximum atomic E-state index is 12.8. The monoisotopic (exact) mass is 386 g/mol. The number of hydrogen-bond acceptors (Lipinski definition) is 4.